The molecule has 1 aromatic carbocycles. The first kappa shape index (κ1) is 18.5. The normalized spacial score (nSPS) is 10.7. The van der Waals surface area contributed by atoms with Gasteiger partial charge < -0.3 is 10.6 Å². The first-order valence-electron chi connectivity index (χ1n) is 8.61. The molecule has 0 saturated heterocycles. The zero-order chi connectivity index (χ0) is 19.4. The Hall–Kier alpha value is -3.29. The molecule has 0 radical (unpaired) electrons. The van der Waals surface area contributed by atoms with Gasteiger partial charge in [0.2, 0.25) is 0 Å². The summed E-state index contributed by atoms with van der Waals surface area (Å²) >= 11 is 0. The van der Waals surface area contributed by atoms with Crippen LogP contribution < -0.4 is 10.6 Å². The van der Waals surface area contributed by atoms with E-state index in [9.17, 15) is 9.18 Å². The van der Waals surface area contributed by atoms with E-state index in [1.165, 1.54) is 12.1 Å². The fourth-order valence-corrected chi connectivity index (χ4v) is 2.58. The second-order valence-corrected chi connectivity index (χ2v) is 6.15. The highest BCUT2D eigenvalue weighted by molar-refractivity contribution is 5.94. The van der Waals surface area contributed by atoms with Gasteiger partial charge in [-0.1, -0.05) is 12.1 Å². The van der Waals surface area contributed by atoms with Crippen molar-refractivity contribution in [3.05, 3.63) is 64.7 Å². The Morgan fingerprint density at radius 1 is 1.07 bits per heavy atom. The molecule has 0 aliphatic heterocycles. The molecule has 27 heavy (non-hydrogen) atoms. The molecule has 8 heteroatoms. The first-order valence-corrected chi connectivity index (χ1v) is 8.61. The second kappa shape index (κ2) is 7.94. The highest BCUT2D eigenvalue weighted by Gasteiger charge is 2.11. The van der Waals surface area contributed by atoms with Crippen LogP contribution >= 0.6 is 0 Å². The molecule has 2 aromatic heterocycles. The topological polar surface area (TPSA) is 84.7 Å². The Balaban J connectivity index is 1.53. The Labute approximate surface area is 156 Å². The summed E-state index contributed by atoms with van der Waals surface area (Å²) in [7, 11) is 0. The van der Waals surface area contributed by atoms with E-state index in [4.69, 9.17) is 0 Å². The highest BCUT2D eigenvalue weighted by atomic mass is 19.1. The largest absolute Gasteiger partial charge is 0.367 e. The molecule has 140 valence electrons. The lowest BCUT2D eigenvalue weighted by atomic mass is 10.2. The summed E-state index contributed by atoms with van der Waals surface area (Å²) in [6.45, 7) is 6.73. The van der Waals surface area contributed by atoms with Crippen molar-refractivity contribution < 1.29 is 9.18 Å². The molecule has 2 N–H and O–H groups in total. The van der Waals surface area contributed by atoms with Gasteiger partial charge in [-0.3, -0.25) is 4.79 Å². The van der Waals surface area contributed by atoms with Crippen molar-refractivity contribution in [1.29, 1.82) is 0 Å². The minimum absolute atomic E-state index is 0.0295. The van der Waals surface area contributed by atoms with Crippen molar-refractivity contribution in [2.75, 3.05) is 18.4 Å². The van der Waals surface area contributed by atoms with Gasteiger partial charge in [0.25, 0.3) is 5.91 Å². The number of aryl methyl sites for hydroxylation is 1. The predicted molar refractivity (Wildman–Crippen MR) is 101 cm³/mol. The van der Waals surface area contributed by atoms with Gasteiger partial charge in [0, 0.05) is 18.8 Å². The number of amides is 1. The van der Waals surface area contributed by atoms with E-state index in [1.807, 2.05) is 26.8 Å². The van der Waals surface area contributed by atoms with Crippen molar-refractivity contribution in [1.82, 2.24) is 25.3 Å². The summed E-state index contributed by atoms with van der Waals surface area (Å²) in [5, 5.41) is 18.5. The van der Waals surface area contributed by atoms with Gasteiger partial charge in [0.1, 0.15) is 11.6 Å². The van der Waals surface area contributed by atoms with Gasteiger partial charge in [-0.25, -0.2) is 9.07 Å². The molecule has 0 fully saturated rings. The van der Waals surface area contributed by atoms with Crippen molar-refractivity contribution >= 4 is 11.7 Å². The van der Waals surface area contributed by atoms with E-state index in [1.54, 1.807) is 22.9 Å². The average Bonchev–Trinajstić information content (AvgIpc) is 2.93. The third kappa shape index (κ3) is 4.11. The van der Waals surface area contributed by atoms with Crippen LogP contribution in [0.15, 0.2) is 36.4 Å². The van der Waals surface area contributed by atoms with E-state index in [2.05, 4.69) is 25.9 Å². The number of aromatic nitrogens is 4. The zero-order valence-electron chi connectivity index (χ0n) is 15.5. The van der Waals surface area contributed by atoms with Crippen molar-refractivity contribution in [3.8, 4) is 5.82 Å². The number of nitrogens with zero attached hydrogens (tertiary/aromatic N) is 4. The summed E-state index contributed by atoms with van der Waals surface area (Å²) in [5.41, 5.74) is 3.15. The molecule has 0 aliphatic carbocycles. The Morgan fingerprint density at radius 2 is 1.85 bits per heavy atom. The van der Waals surface area contributed by atoms with Gasteiger partial charge in [0.15, 0.2) is 5.82 Å². The van der Waals surface area contributed by atoms with Crippen LogP contribution in [0.1, 0.15) is 27.3 Å². The molecule has 7 nitrogen and oxygen atoms in total. The summed E-state index contributed by atoms with van der Waals surface area (Å²) in [4.78, 5) is 11.9. The molecule has 0 spiro atoms. The maximum atomic E-state index is 13.5. The van der Waals surface area contributed by atoms with Crippen LogP contribution in [0.5, 0.6) is 0 Å². The average molecular weight is 368 g/mol. The van der Waals surface area contributed by atoms with Crippen molar-refractivity contribution in [3.63, 3.8) is 0 Å². The van der Waals surface area contributed by atoms with Crippen molar-refractivity contribution in [2.45, 2.75) is 20.8 Å². The number of halogens is 1. The van der Waals surface area contributed by atoms with E-state index in [0.717, 1.165) is 17.0 Å². The standard InChI is InChI=1S/C19H21FN6O/c1-12-13(2)25-26(14(12)3)18-9-8-17(23-24-18)21-10-11-22-19(27)15-6-4-5-7-16(15)20/h4-9H,10-11H2,1-3H3,(H,21,23)(H,22,27). The summed E-state index contributed by atoms with van der Waals surface area (Å²) in [6.07, 6.45) is 0. The summed E-state index contributed by atoms with van der Waals surface area (Å²) in [6, 6.07) is 9.50. The van der Waals surface area contributed by atoms with E-state index >= 15 is 0 Å². The van der Waals surface area contributed by atoms with E-state index < -0.39 is 11.7 Å². The maximum Gasteiger partial charge on any atom is 0.254 e. The second-order valence-electron chi connectivity index (χ2n) is 6.15. The van der Waals surface area contributed by atoms with Crippen molar-refractivity contribution in [2.24, 2.45) is 0 Å². The van der Waals surface area contributed by atoms with Crippen LogP contribution in [0.2, 0.25) is 0 Å². The quantitative estimate of drug-likeness (QED) is 0.653. The maximum absolute atomic E-state index is 13.5. The SMILES string of the molecule is Cc1nn(-c2ccc(NCCNC(=O)c3ccccc3F)nn2)c(C)c1C. The third-order valence-corrected chi connectivity index (χ3v) is 4.36. The van der Waals surface area contributed by atoms with Crippen LogP contribution in [0, 0.1) is 26.6 Å². The Bertz CT molecular complexity index is 951. The highest BCUT2D eigenvalue weighted by Crippen LogP contribution is 2.15. The van der Waals surface area contributed by atoms with Crippen LogP contribution in [0.25, 0.3) is 5.82 Å². The number of carbonyl (C=O) groups excluding carboxylic acids is 1. The van der Waals surface area contributed by atoms with Gasteiger partial charge in [-0.2, -0.15) is 5.10 Å². The van der Waals surface area contributed by atoms with Gasteiger partial charge >= 0.3 is 0 Å². The number of carbonyl (C=O) groups is 1. The van der Waals surface area contributed by atoms with Gasteiger partial charge in [-0.05, 0) is 50.6 Å². The lowest BCUT2D eigenvalue weighted by Gasteiger charge is -2.08. The molecular formula is C19H21FN6O. The molecule has 3 rings (SSSR count). The van der Waals surface area contributed by atoms with E-state index in [0.29, 0.717) is 24.7 Å². The summed E-state index contributed by atoms with van der Waals surface area (Å²) < 4.78 is 15.3. The number of rotatable bonds is 6. The number of hydrogen-bond donors (Lipinski definition) is 2. The zero-order valence-corrected chi connectivity index (χ0v) is 15.5. The molecule has 0 bridgehead atoms. The molecule has 0 aliphatic rings. The number of anilines is 1. The molecule has 0 unspecified atom stereocenters. The fraction of sp³-hybridized carbons (Fsp3) is 0.263. The fourth-order valence-electron chi connectivity index (χ4n) is 2.58. The van der Waals surface area contributed by atoms with Crippen LogP contribution in [-0.2, 0) is 0 Å². The minimum atomic E-state index is -0.538. The molecule has 1 amide bonds. The van der Waals surface area contributed by atoms with Gasteiger partial charge in [-0.15, -0.1) is 10.2 Å². The lowest BCUT2D eigenvalue weighted by Crippen LogP contribution is -2.29. The molecule has 3 aromatic rings. The number of benzene rings is 1. The van der Waals surface area contributed by atoms with Crippen LogP contribution in [0.4, 0.5) is 10.2 Å². The molecule has 2 heterocycles. The monoisotopic (exact) mass is 368 g/mol. The number of nitrogens with one attached hydrogen (secondary N) is 2. The Morgan fingerprint density at radius 3 is 2.48 bits per heavy atom. The van der Waals surface area contributed by atoms with Crippen LogP contribution in [-0.4, -0.2) is 39.0 Å². The lowest BCUT2D eigenvalue weighted by molar-refractivity contribution is 0.0951. The minimum Gasteiger partial charge on any atom is -0.367 e. The third-order valence-electron chi connectivity index (χ3n) is 4.36. The smallest absolute Gasteiger partial charge is 0.254 e. The first-order chi connectivity index (χ1) is 13.0. The van der Waals surface area contributed by atoms with Crippen LogP contribution in [0.3, 0.4) is 0 Å². The molecule has 0 atom stereocenters. The summed E-state index contributed by atoms with van der Waals surface area (Å²) in [5.74, 6) is 0.235. The predicted octanol–water partition coefficient (Wildman–Crippen LogP) is 2.57. The number of hydrogen-bond acceptors (Lipinski definition) is 5. The Kier molecular flexibility index (Phi) is 5.44. The molecule has 0 saturated carbocycles. The van der Waals surface area contributed by atoms with Gasteiger partial charge in [0.05, 0.1) is 11.3 Å². The molecular weight excluding hydrogens is 347 g/mol. The van der Waals surface area contributed by atoms with E-state index in [-0.39, 0.29) is 5.56 Å².